The van der Waals surface area contributed by atoms with E-state index in [1.165, 1.54) is 0 Å². The van der Waals surface area contributed by atoms with Crippen molar-refractivity contribution in [2.75, 3.05) is 5.73 Å². The first-order valence-corrected chi connectivity index (χ1v) is 3.42. The minimum absolute atomic E-state index is 0.0982. The van der Waals surface area contributed by atoms with Crippen LogP contribution in [0, 0.1) is 5.82 Å². The second-order valence-corrected chi connectivity index (χ2v) is 2.62. The van der Waals surface area contributed by atoms with Gasteiger partial charge in [-0.15, -0.1) is 0 Å². The topological polar surface area (TPSA) is 63.3 Å². The third-order valence-electron chi connectivity index (χ3n) is 1.31. The van der Waals surface area contributed by atoms with Gasteiger partial charge < -0.3 is 10.8 Å². The van der Waals surface area contributed by atoms with Gasteiger partial charge in [-0.05, 0) is 12.1 Å². The van der Waals surface area contributed by atoms with Gasteiger partial charge in [-0.25, -0.2) is 9.18 Å². The minimum atomic E-state index is -1.17. The van der Waals surface area contributed by atoms with Crippen molar-refractivity contribution in [1.82, 2.24) is 0 Å². The first-order valence-electron chi connectivity index (χ1n) is 3.01. The van der Waals surface area contributed by atoms with Crippen LogP contribution < -0.4 is 5.73 Å². The second-order valence-electron chi connectivity index (χ2n) is 2.18. The quantitative estimate of drug-likeness (QED) is 0.655. The Balaban J connectivity index is 3.31. The van der Waals surface area contributed by atoms with E-state index in [2.05, 4.69) is 12.6 Å². The number of carboxylic acid groups (broad SMARTS) is 1. The lowest BCUT2D eigenvalue weighted by molar-refractivity contribution is 0.0696. The van der Waals surface area contributed by atoms with Crippen LogP contribution >= 0.6 is 12.6 Å². The molecule has 0 aromatic heterocycles. The number of hydrogen-bond donors (Lipinski definition) is 2. The van der Waals surface area contributed by atoms with Crippen LogP contribution in [0.3, 0.4) is 0 Å². The lowest BCUT2D eigenvalue weighted by Crippen LogP contribution is -2.00. The number of benzene rings is 1. The van der Waals surface area contributed by atoms with Crippen molar-refractivity contribution >= 4 is 24.3 Å². The molecule has 1 aromatic carbocycles. The molecule has 63 valence electrons. The fourth-order valence-corrected chi connectivity index (χ4v) is 0.988. The average molecular weight is 186 g/mol. The van der Waals surface area contributed by atoms with Crippen molar-refractivity contribution in [3.8, 4) is 0 Å². The number of carbonyl (C=O) groups is 1. The summed E-state index contributed by atoms with van der Waals surface area (Å²) in [7, 11) is 0. The molecule has 1 rings (SSSR count). The molecule has 1 radical (unpaired) electrons. The zero-order valence-electron chi connectivity index (χ0n) is 5.87. The molecular weight excluding hydrogens is 181 g/mol. The third-order valence-corrected chi connectivity index (χ3v) is 1.61. The van der Waals surface area contributed by atoms with Gasteiger partial charge in [0.1, 0.15) is 0 Å². The number of rotatable bonds is 1. The van der Waals surface area contributed by atoms with Gasteiger partial charge >= 0.3 is 5.97 Å². The number of hydrogen-bond acceptors (Lipinski definition) is 2. The Morgan fingerprint density at radius 1 is 1.58 bits per heavy atom. The summed E-state index contributed by atoms with van der Waals surface area (Å²) in [5.74, 6) is -1.91. The molecular formula is C7H5FNO2S. The highest BCUT2D eigenvalue weighted by molar-refractivity contribution is 7.80. The molecule has 0 aliphatic rings. The largest absolute Gasteiger partial charge is 0.478 e. The van der Waals surface area contributed by atoms with Crippen LogP contribution in [0.1, 0.15) is 10.4 Å². The number of carboxylic acids is 1. The van der Waals surface area contributed by atoms with Crippen LogP contribution in [-0.2, 0) is 0 Å². The predicted octanol–water partition coefficient (Wildman–Crippen LogP) is 1.66. The lowest BCUT2D eigenvalue weighted by Gasteiger charge is -2.00. The van der Waals surface area contributed by atoms with Gasteiger partial charge in [-0.1, -0.05) is 12.6 Å². The fraction of sp³-hybridized carbons (Fsp3) is 0. The maximum Gasteiger partial charge on any atom is 0.335 e. The molecule has 0 fully saturated rings. The van der Waals surface area contributed by atoms with Gasteiger partial charge in [0, 0.05) is 0 Å². The van der Waals surface area contributed by atoms with E-state index in [9.17, 15) is 9.18 Å². The molecule has 0 aliphatic carbocycles. The van der Waals surface area contributed by atoms with Crippen molar-refractivity contribution in [3.05, 3.63) is 23.5 Å². The molecule has 1 aromatic rings. The van der Waals surface area contributed by atoms with Crippen molar-refractivity contribution in [3.63, 3.8) is 0 Å². The van der Waals surface area contributed by atoms with Crippen molar-refractivity contribution in [2.24, 2.45) is 0 Å². The van der Waals surface area contributed by atoms with Gasteiger partial charge in [0.05, 0.1) is 16.1 Å². The first kappa shape index (κ1) is 8.73. The maximum atomic E-state index is 12.8. The summed E-state index contributed by atoms with van der Waals surface area (Å²) in [6, 6.07) is 2.09. The summed E-state index contributed by atoms with van der Waals surface area (Å²) in [6.07, 6.45) is 0. The van der Waals surface area contributed by atoms with Gasteiger partial charge in [-0.2, -0.15) is 0 Å². The maximum absolute atomic E-state index is 12.8. The third kappa shape index (κ3) is 1.45. The minimum Gasteiger partial charge on any atom is -0.478 e. The Kier molecular flexibility index (Phi) is 2.14. The summed E-state index contributed by atoms with van der Waals surface area (Å²) >= 11 is 4.53. The van der Waals surface area contributed by atoms with Gasteiger partial charge in [0.25, 0.3) is 0 Å². The Hall–Kier alpha value is -1.36. The summed E-state index contributed by atoms with van der Waals surface area (Å²) in [5.41, 5.74) is 4.82. The smallest absolute Gasteiger partial charge is 0.335 e. The molecule has 0 atom stereocenters. The number of halogens is 1. The van der Waals surface area contributed by atoms with Crippen LogP contribution in [0.25, 0.3) is 0 Å². The van der Waals surface area contributed by atoms with Gasteiger partial charge in [0.2, 0.25) is 0 Å². The van der Waals surface area contributed by atoms with E-state index in [-0.39, 0.29) is 16.1 Å². The fourth-order valence-electron chi connectivity index (χ4n) is 0.743. The van der Waals surface area contributed by atoms with Gasteiger partial charge in [0.15, 0.2) is 5.82 Å². The molecule has 0 saturated carbocycles. The first-order chi connectivity index (χ1) is 5.52. The Bertz CT molecular complexity index is 317. The van der Waals surface area contributed by atoms with Crippen LogP contribution in [-0.4, -0.2) is 11.1 Å². The number of aromatic carboxylic acids is 1. The number of anilines is 1. The van der Waals surface area contributed by atoms with Crippen molar-refractivity contribution in [1.29, 1.82) is 0 Å². The van der Waals surface area contributed by atoms with E-state index in [1.807, 2.05) is 0 Å². The van der Waals surface area contributed by atoms with Crippen LogP contribution in [0.2, 0.25) is 0 Å². The van der Waals surface area contributed by atoms with Crippen LogP contribution in [0.15, 0.2) is 17.0 Å². The predicted molar refractivity (Wildman–Crippen MR) is 43.6 cm³/mol. The van der Waals surface area contributed by atoms with E-state index in [4.69, 9.17) is 10.8 Å². The van der Waals surface area contributed by atoms with E-state index in [1.54, 1.807) is 0 Å². The summed E-state index contributed by atoms with van der Waals surface area (Å²) in [4.78, 5) is 10.2. The molecule has 0 heterocycles. The van der Waals surface area contributed by atoms with Crippen molar-refractivity contribution < 1.29 is 14.3 Å². The van der Waals surface area contributed by atoms with E-state index >= 15 is 0 Å². The summed E-state index contributed by atoms with van der Waals surface area (Å²) < 4.78 is 12.8. The summed E-state index contributed by atoms with van der Waals surface area (Å²) in [5, 5.41) is 8.50. The van der Waals surface area contributed by atoms with E-state index in [0.717, 1.165) is 12.1 Å². The molecule has 0 amide bonds. The molecule has 5 heteroatoms. The SMILES string of the molecule is Nc1cc(C(=O)O)cc([S])c1F. The highest BCUT2D eigenvalue weighted by Gasteiger charge is 2.10. The second kappa shape index (κ2) is 2.94. The molecule has 0 saturated heterocycles. The highest BCUT2D eigenvalue weighted by Crippen LogP contribution is 2.20. The zero-order valence-corrected chi connectivity index (χ0v) is 6.69. The Morgan fingerprint density at radius 3 is 2.58 bits per heavy atom. The Labute approximate surface area is 73.4 Å². The zero-order chi connectivity index (χ0) is 9.30. The standard InChI is InChI=1S/C7H5FNO2S/c8-6-4(9)1-3(7(10)11)2-5(6)12/h1-2H,9H2,(H,10,11). The lowest BCUT2D eigenvalue weighted by atomic mass is 10.2. The molecule has 0 bridgehead atoms. The molecule has 0 aliphatic heterocycles. The highest BCUT2D eigenvalue weighted by atomic mass is 32.1. The van der Waals surface area contributed by atoms with Gasteiger partial charge in [-0.3, -0.25) is 0 Å². The molecule has 12 heavy (non-hydrogen) atoms. The number of nitrogens with two attached hydrogens (primary N) is 1. The molecule has 3 nitrogen and oxygen atoms in total. The van der Waals surface area contributed by atoms with E-state index in [0.29, 0.717) is 0 Å². The number of nitrogen functional groups attached to an aromatic ring is 1. The molecule has 0 unspecified atom stereocenters. The summed E-state index contributed by atoms with van der Waals surface area (Å²) in [6.45, 7) is 0. The monoisotopic (exact) mass is 186 g/mol. The van der Waals surface area contributed by atoms with Crippen LogP contribution in [0.4, 0.5) is 10.1 Å². The normalized spacial score (nSPS) is 9.75. The Morgan fingerprint density at radius 2 is 2.17 bits per heavy atom. The van der Waals surface area contributed by atoms with E-state index < -0.39 is 11.8 Å². The average Bonchev–Trinajstić information content (AvgIpc) is 1.99. The molecule has 3 N–H and O–H groups in total. The molecule has 0 spiro atoms. The van der Waals surface area contributed by atoms with Crippen molar-refractivity contribution in [2.45, 2.75) is 4.90 Å². The van der Waals surface area contributed by atoms with Crippen LogP contribution in [0.5, 0.6) is 0 Å².